The van der Waals surface area contributed by atoms with E-state index in [0.29, 0.717) is 39.0 Å². The van der Waals surface area contributed by atoms with Gasteiger partial charge < -0.3 is 26.0 Å². The number of piperidine rings is 1. The van der Waals surface area contributed by atoms with Gasteiger partial charge in [0.2, 0.25) is 0 Å². The summed E-state index contributed by atoms with van der Waals surface area (Å²) in [5.41, 5.74) is 6.88. The number of likely N-dealkylation sites (tertiary alicyclic amines) is 1. The van der Waals surface area contributed by atoms with E-state index in [2.05, 4.69) is 32.5 Å². The fourth-order valence-electron chi connectivity index (χ4n) is 5.26. The molecule has 1 saturated heterocycles. The Labute approximate surface area is 214 Å². The van der Waals surface area contributed by atoms with Crippen LogP contribution < -0.4 is 21.1 Å². The number of benzene rings is 1. The van der Waals surface area contributed by atoms with Gasteiger partial charge in [0, 0.05) is 18.2 Å². The molecular formula is C26H33FN6O2S. The highest BCUT2D eigenvalue weighted by atomic mass is 32.1. The third-order valence-electron chi connectivity index (χ3n) is 7.31. The van der Waals surface area contributed by atoms with Crippen LogP contribution in [0.1, 0.15) is 53.8 Å². The maximum absolute atomic E-state index is 14.2. The molecule has 0 spiro atoms. The normalized spacial score (nSPS) is 21.5. The Morgan fingerprint density at radius 3 is 2.58 bits per heavy atom. The molecule has 1 aromatic carbocycles. The van der Waals surface area contributed by atoms with Crippen LogP contribution in [0.15, 0.2) is 24.5 Å². The number of nitrogens with one attached hydrogen (secondary N) is 2. The minimum absolute atomic E-state index is 0.0256. The first-order valence-corrected chi connectivity index (χ1v) is 13.4. The van der Waals surface area contributed by atoms with Crippen molar-refractivity contribution in [2.75, 3.05) is 25.5 Å². The minimum Gasteiger partial charge on any atom is -0.488 e. The molecule has 5 rings (SSSR count). The molecule has 0 radical (unpaired) electrons. The number of hydrogen-bond donors (Lipinski definition) is 3. The second kappa shape index (κ2) is 10.7. The number of hydrogen-bond acceptors (Lipinski definition) is 8. The SMILES string of the molecule is Cc1c(C(N)=O)sc2ncnc(Nc3ccc(F)cc3O[C@H]3CC[C@H](NC4CCN(C)CC4)CC3)c12. The van der Waals surface area contributed by atoms with E-state index in [1.807, 2.05) is 6.92 Å². The average molecular weight is 513 g/mol. The first kappa shape index (κ1) is 24.9. The van der Waals surface area contributed by atoms with Gasteiger partial charge in [-0.2, -0.15) is 0 Å². The number of nitrogens with two attached hydrogens (primary N) is 1. The Kier molecular flexibility index (Phi) is 7.36. The lowest BCUT2D eigenvalue weighted by Crippen LogP contribution is -2.46. The van der Waals surface area contributed by atoms with E-state index in [1.54, 1.807) is 6.07 Å². The Morgan fingerprint density at radius 2 is 1.86 bits per heavy atom. The number of aryl methyl sites for hydroxylation is 1. The second-order valence-corrected chi connectivity index (χ2v) is 10.9. The van der Waals surface area contributed by atoms with Gasteiger partial charge in [0.05, 0.1) is 22.1 Å². The molecule has 2 fully saturated rings. The molecule has 3 heterocycles. The summed E-state index contributed by atoms with van der Waals surface area (Å²) >= 11 is 1.24. The number of aromatic nitrogens is 2. The van der Waals surface area contributed by atoms with Crippen LogP contribution in [0.3, 0.4) is 0 Å². The number of thiophene rings is 1. The molecule has 4 N–H and O–H groups in total. The monoisotopic (exact) mass is 512 g/mol. The predicted octanol–water partition coefficient (Wildman–Crippen LogP) is 4.36. The molecule has 10 heteroatoms. The fourth-order valence-corrected chi connectivity index (χ4v) is 6.26. The van der Waals surface area contributed by atoms with Crippen LogP contribution in [-0.4, -0.2) is 59.1 Å². The van der Waals surface area contributed by atoms with E-state index in [-0.39, 0.29) is 11.9 Å². The van der Waals surface area contributed by atoms with E-state index < -0.39 is 5.91 Å². The molecule has 1 aliphatic heterocycles. The third-order valence-corrected chi connectivity index (χ3v) is 8.52. The number of anilines is 2. The van der Waals surface area contributed by atoms with E-state index >= 15 is 0 Å². The molecule has 2 aromatic heterocycles. The van der Waals surface area contributed by atoms with Gasteiger partial charge in [0.25, 0.3) is 5.91 Å². The summed E-state index contributed by atoms with van der Waals surface area (Å²) in [5.74, 6) is 0.136. The number of ether oxygens (including phenoxy) is 1. The predicted molar refractivity (Wildman–Crippen MR) is 141 cm³/mol. The van der Waals surface area contributed by atoms with Gasteiger partial charge >= 0.3 is 0 Å². The van der Waals surface area contributed by atoms with Gasteiger partial charge in [-0.3, -0.25) is 4.79 Å². The van der Waals surface area contributed by atoms with Gasteiger partial charge in [-0.15, -0.1) is 11.3 Å². The van der Waals surface area contributed by atoms with Crippen LogP contribution in [0.5, 0.6) is 5.75 Å². The van der Waals surface area contributed by atoms with Gasteiger partial charge in [0.1, 0.15) is 28.5 Å². The van der Waals surface area contributed by atoms with Crippen LogP contribution in [0, 0.1) is 12.7 Å². The lowest BCUT2D eigenvalue weighted by molar-refractivity contribution is 0.100. The van der Waals surface area contributed by atoms with Gasteiger partial charge in [-0.05, 0) is 83.3 Å². The maximum atomic E-state index is 14.2. The van der Waals surface area contributed by atoms with E-state index in [4.69, 9.17) is 10.5 Å². The van der Waals surface area contributed by atoms with Crippen LogP contribution in [0.4, 0.5) is 15.9 Å². The van der Waals surface area contributed by atoms with Gasteiger partial charge in [0.15, 0.2) is 0 Å². The van der Waals surface area contributed by atoms with Crippen molar-refractivity contribution in [2.45, 2.75) is 63.6 Å². The third kappa shape index (κ3) is 5.45. The fraction of sp³-hybridized carbons (Fsp3) is 0.500. The summed E-state index contributed by atoms with van der Waals surface area (Å²) in [4.78, 5) is 24.0. The first-order valence-electron chi connectivity index (χ1n) is 12.6. The molecule has 0 unspecified atom stereocenters. The molecule has 0 bridgehead atoms. The number of amides is 1. The molecule has 1 saturated carbocycles. The van der Waals surface area contributed by atoms with Crippen molar-refractivity contribution in [3.63, 3.8) is 0 Å². The van der Waals surface area contributed by atoms with Crippen molar-refractivity contribution in [3.05, 3.63) is 40.8 Å². The lowest BCUT2D eigenvalue weighted by atomic mass is 9.91. The number of rotatable bonds is 7. The highest BCUT2D eigenvalue weighted by Crippen LogP contribution is 2.37. The summed E-state index contributed by atoms with van der Waals surface area (Å²) < 4.78 is 20.5. The zero-order chi connectivity index (χ0) is 25.2. The van der Waals surface area contributed by atoms with Crippen molar-refractivity contribution >= 4 is 39.0 Å². The molecule has 3 aromatic rings. The van der Waals surface area contributed by atoms with E-state index in [9.17, 15) is 9.18 Å². The van der Waals surface area contributed by atoms with Crippen molar-refractivity contribution in [1.29, 1.82) is 0 Å². The largest absolute Gasteiger partial charge is 0.488 e. The summed E-state index contributed by atoms with van der Waals surface area (Å²) in [5, 5.41) is 7.86. The number of halogens is 1. The van der Waals surface area contributed by atoms with Crippen LogP contribution in [-0.2, 0) is 0 Å². The molecule has 8 nitrogen and oxygen atoms in total. The summed E-state index contributed by atoms with van der Waals surface area (Å²) in [6, 6.07) is 5.58. The summed E-state index contributed by atoms with van der Waals surface area (Å²) in [6.07, 6.45) is 7.80. The van der Waals surface area contributed by atoms with Crippen LogP contribution >= 0.6 is 11.3 Å². The number of carbonyl (C=O) groups is 1. The number of carbonyl (C=O) groups excluding carboxylic acids is 1. The number of fused-ring (bicyclic) bond motifs is 1. The Hall–Kier alpha value is -2.82. The Balaban J connectivity index is 1.27. The van der Waals surface area contributed by atoms with Crippen molar-refractivity contribution in [2.24, 2.45) is 5.73 Å². The van der Waals surface area contributed by atoms with Crippen molar-refractivity contribution < 1.29 is 13.9 Å². The van der Waals surface area contributed by atoms with Crippen molar-refractivity contribution in [1.82, 2.24) is 20.2 Å². The molecular weight excluding hydrogens is 479 g/mol. The molecule has 1 aliphatic carbocycles. The van der Waals surface area contributed by atoms with E-state index in [1.165, 1.54) is 42.6 Å². The summed E-state index contributed by atoms with van der Waals surface area (Å²) in [6.45, 7) is 4.13. The maximum Gasteiger partial charge on any atom is 0.259 e. The smallest absolute Gasteiger partial charge is 0.259 e. The van der Waals surface area contributed by atoms with Gasteiger partial charge in [-0.25, -0.2) is 14.4 Å². The minimum atomic E-state index is -0.492. The molecule has 2 aliphatic rings. The van der Waals surface area contributed by atoms with Crippen molar-refractivity contribution in [3.8, 4) is 5.75 Å². The summed E-state index contributed by atoms with van der Waals surface area (Å²) in [7, 11) is 2.18. The highest BCUT2D eigenvalue weighted by Gasteiger charge is 2.26. The molecule has 36 heavy (non-hydrogen) atoms. The molecule has 1 amide bonds. The molecule has 0 atom stereocenters. The topological polar surface area (TPSA) is 105 Å². The Bertz CT molecular complexity index is 1230. The standard InChI is InChI=1S/C26H33FN6O2S/c1-15-22-25(29-14-30-26(22)36-23(15)24(28)34)32-20-8-3-16(27)13-21(20)35-19-6-4-17(5-7-19)31-18-9-11-33(2)12-10-18/h3,8,13-14,17-19,31H,4-7,9-12H2,1-2H3,(H2,28,34)(H,29,30,32)/t17-,19-. The van der Waals surface area contributed by atoms with Gasteiger partial charge in [-0.1, -0.05) is 0 Å². The zero-order valence-corrected chi connectivity index (χ0v) is 21.5. The first-order chi connectivity index (χ1) is 17.4. The highest BCUT2D eigenvalue weighted by molar-refractivity contribution is 7.20. The molecule has 192 valence electrons. The number of nitrogens with zero attached hydrogens (tertiary/aromatic N) is 3. The lowest BCUT2D eigenvalue weighted by Gasteiger charge is -2.35. The van der Waals surface area contributed by atoms with Crippen LogP contribution in [0.25, 0.3) is 10.2 Å². The van der Waals surface area contributed by atoms with E-state index in [0.717, 1.165) is 49.7 Å². The number of primary amides is 1. The zero-order valence-electron chi connectivity index (χ0n) is 20.7. The second-order valence-electron chi connectivity index (χ2n) is 9.92. The Morgan fingerprint density at radius 1 is 1.14 bits per heavy atom. The quantitative estimate of drug-likeness (QED) is 0.432. The van der Waals surface area contributed by atoms with Crippen LogP contribution in [0.2, 0.25) is 0 Å². The average Bonchev–Trinajstić information content (AvgIpc) is 3.21.